The fourth-order valence-electron chi connectivity index (χ4n) is 4.62. The summed E-state index contributed by atoms with van der Waals surface area (Å²) in [6.45, 7) is 2.53. The van der Waals surface area contributed by atoms with Gasteiger partial charge in [0.15, 0.2) is 0 Å². The van der Waals surface area contributed by atoms with Crippen LogP contribution in [0.1, 0.15) is 24.9 Å². The number of carbonyl (C=O) groups is 1. The van der Waals surface area contributed by atoms with Gasteiger partial charge in [0.25, 0.3) is 0 Å². The lowest BCUT2D eigenvalue weighted by Gasteiger charge is -2.44. The second-order valence-corrected chi connectivity index (χ2v) is 7.11. The molecule has 2 heterocycles. The first-order valence-electron chi connectivity index (χ1n) is 8.92. The molecular weight excluding hydrogens is 312 g/mol. The summed E-state index contributed by atoms with van der Waals surface area (Å²) in [6, 6.07) is 16.9. The fraction of sp³-hybridized carbons (Fsp3) is 0.381. The number of aliphatic hydroxyl groups is 1. The maximum atomic E-state index is 12.2. The Balaban J connectivity index is 1.85. The van der Waals surface area contributed by atoms with Crippen molar-refractivity contribution in [3.63, 3.8) is 0 Å². The van der Waals surface area contributed by atoms with E-state index in [4.69, 9.17) is 0 Å². The number of anilines is 1. The van der Waals surface area contributed by atoms with Gasteiger partial charge >= 0.3 is 0 Å². The van der Waals surface area contributed by atoms with Gasteiger partial charge < -0.3 is 14.9 Å². The Bertz CT molecular complexity index is 790. The summed E-state index contributed by atoms with van der Waals surface area (Å²) in [4.78, 5) is 16.4. The predicted molar refractivity (Wildman–Crippen MR) is 99.4 cm³/mol. The molecule has 0 spiro atoms. The molecule has 2 aliphatic rings. The summed E-state index contributed by atoms with van der Waals surface area (Å²) < 4.78 is 0. The van der Waals surface area contributed by atoms with Crippen LogP contribution in [-0.4, -0.2) is 42.2 Å². The number of likely N-dealkylation sites (tertiary alicyclic amines) is 1. The molecule has 0 radical (unpaired) electrons. The molecule has 4 nitrogen and oxygen atoms in total. The number of amides is 1. The van der Waals surface area contributed by atoms with E-state index in [1.54, 1.807) is 6.92 Å². The number of rotatable bonds is 2. The van der Waals surface area contributed by atoms with E-state index < -0.39 is 0 Å². The van der Waals surface area contributed by atoms with Gasteiger partial charge in [-0.25, -0.2) is 0 Å². The molecule has 2 aromatic carbocycles. The third-order valence-corrected chi connectivity index (χ3v) is 5.86. The van der Waals surface area contributed by atoms with Gasteiger partial charge in [-0.05, 0) is 35.2 Å². The molecule has 4 rings (SSSR count). The van der Waals surface area contributed by atoms with Crippen molar-refractivity contribution in [3.8, 4) is 11.1 Å². The summed E-state index contributed by atoms with van der Waals surface area (Å²) in [7, 11) is 2.05. The molecule has 1 amide bonds. The highest BCUT2D eigenvalue weighted by atomic mass is 16.3. The van der Waals surface area contributed by atoms with Crippen molar-refractivity contribution in [3.05, 3.63) is 54.1 Å². The van der Waals surface area contributed by atoms with E-state index in [9.17, 15) is 9.90 Å². The van der Waals surface area contributed by atoms with Gasteiger partial charge in [0.05, 0.1) is 18.7 Å². The van der Waals surface area contributed by atoms with Crippen molar-refractivity contribution >= 4 is 11.6 Å². The quantitative estimate of drug-likeness (QED) is 0.917. The first kappa shape index (κ1) is 16.2. The summed E-state index contributed by atoms with van der Waals surface area (Å²) in [5, 5.41) is 9.95. The van der Waals surface area contributed by atoms with E-state index >= 15 is 0 Å². The number of nitrogens with zero attached hydrogens (tertiary/aromatic N) is 2. The van der Waals surface area contributed by atoms with Gasteiger partial charge in [0.1, 0.15) is 0 Å². The van der Waals surface area contributed by atoms with Crippen molar-refractivity contribution in [2.75, 3.05) is 25.1 Å². The minimum Gasteiger partial charge on any atom is -0.394 e. The summed E-state index contributed by atoms with van der Waals surface area (Å²) in [5.74, 6) is 0.391. The summed E-state index contributed by atoms with van der Waals surface area (Å²) in [5.41, 5.74) is 4.67. The Morgan fingerprint density at radius 2 is 1.92 bits per heavy atom. The molecule has 130 valence electrons. The highest BCUT2D eigenvalue weighted by molar-refractivity contribution is 5.77. The lowest BCUT2D eigenvalue weighted by Crippen LogP contribution is -2.48. The molecule has 2 aliphatic heterocycles. The van der Waals surface area contributed by atoms with Crippen molar-refractivity contribution in [2.45, 2.75) is 25.4 Å². The number of benzene rings is 2. The molecule has 0 saturated carbocycles. The summed E-state index contributed by atoms with van der Waals surface area (Å²) >= 11 is 0. The van der Waals surface area contributed by atoms with Crippen LogP contribution >= 0.6 is 0 Å². The minimum atomic E-state index is 0.0597. The predicted octanol–water partition coefficient (Wildman–Crippen LogP) is 3.07. The second kappa shape index (κ2) is 6.19. The standard InChI is InChI=1S/C21H24N2O2/c1-14(25)23-11-10-17-20(13-24)22(2)19-9-8-16(12-18(19)21(17)23)15-6-4-3-5-7-15/h3-9,12,17,20-21,24H,10-11,13H2,1-2H3/t17-,20+,21-/m1/s1. The number of hydrogen-bond donors (Lipinski definition) is 1. The van der Waals surface area contributed by atoms with Crippen LogP contribution in [-0.2, 0) is 4.79 Å². The highest BCUT2D eigenvalue weighted by Gasteiger charge is 2.46. The lowest BCUT2D eigenvalue weighted by atomic mass is 9.81. The monoisotopic (exact) mass is 336 g/mol. The molecule has 0 bridgehead atoms. The van der Waals surface area contributed by atoms with Gasteiger partial charge in [-0.1, -0.05) is 36.4 Å². The van der Waals surface area contributed by atoms with Crippen LogP contribution in [0.4, 0.5) is 5.69 Å². The van der Waals surface area contributed by atoms with Crippen LogP contribution in [0.2, 0.25) is 0 Å². The zero-order chi connectivity index (χ0) is 17.6. The van der Waals surface area contributed by atoms with Crippen LogP contribution in [0.3, 0.4) is 0 Å². The molecule has 0 aliphatic carbocycles. The van der Waals surface area contributed by atoms with Gasteiger partial charge in [-0.3, -0.25) is 4.79 Å². The van der Waals surface area contributed by atoms with Crippen LogP contribution in [0.5, 0.6) is 0 Å². The number of carbonyl (C=O) groups excluding carboxylic acids is 1. The molecule has 2 aromatic rings. The number of likely N-dealkylation sites (N-methyl/N-ethyl adjacent to an activating group) is 1. The minimum absolute atomic E-state index is 0.0597. The maximum absolute atomic E-state index is 12.2. The third kappa shape index (κ3) is 2.52. The molecule has 4 heteroatoms. The normalized spacial score (nSPS) is 24.8. The van der Waals surface area contributed by atoms with Gasteiger partial charge in [0.2, 0.25) is 5.91 Å². The Labute approximate surface area is 148 Å². The first-order chi connectivity index (χ1) is 12.1. The van der Waals surface area contributed by atoms with Crippen LogP contribution in [0, 0.1) is 5.92 Å². The number of aliphatic hydroxyl groups excluding tert-OH is 1. The van der Waals surface area contributed by atoms with Crippen LogP contribution in [0.15, 0.2) is 48.5 Å². The average Bonchev–Trinajstić information content (AvgIpc) is 3.08. The molecule has 1 fully saturated rings. The van der Waals surface area contributed by atoms with E-state index in [2.05, 4.69) is 42.3 Å². The molecular formula is C21H24N2O2. The smallest absolute Gasteiger partial charge is 0.219 e. The van der Waals surface area contributed by atoms with E-state index in [0.717, 1.165) is 18.7 Å². The van der Waals surface area contributed by atoms with E-state index in [-0.39, 0.29) is 30.5 Å². The SMILES string of the molecule is CC(=O)N1CC[C@H]2[C@@H]1c1cc(-c3ccccc3)ccc1N(C)[C@H]2CO. The molecule has 0 aromatic heterocycles. The van der Waals surface area contributed by atoms with Crippen molar-refractivity contribution in [1.82, 2.24) is 4.90 Å². The first-order valence-corrected chi connectivity index (χ1v) is 8.92. The van der Waals surface area contributed by atoms with Crippen LogP contribution < -0.4 is 4.90 Å². The Kier molecular flexibility index (Phi) is 4.00. The number of fused-ring (bicyclic) bond motifs is 3. The van der Waals surface area contributed by atoms with Gasteiger partial charge in [0, 0.05) is 32.1 Å². The molecule has 1 saturated heterocycles. The summed E-state index contributed by atoms with van der Waals surface area (Å²) in [6.07, 6.45) is 0.939. The zero-order valence-corrected chi connectivity index (χ0v) is 14.7. The molecule has 3 atom stereocenters. The zero-order valence-electron chi connectivity index (χ0n) is 14.7. The average molecular weight is 336 g/mol. The van der Waals surface area contributed by atoms with Gasteiger partial charge in [-0.2, -0.15) is 0 Å². The fourth-order valence-corrected chi connectivity index (χ4v) is 4.62. The van der Waals surface area contributed by atoms with E-state index in [1.165, 1.54) is 16.7 Å². The number of hydrogen-bond acceptors (Lipinski definition) is 3. The molecule has 1 N–H and O–H groups in total. The Morgan fingerprint density at radius 1 is 1.16 bits per heavy atom. The van der Waals surface area contributed by atoms with E-state index in [0.29, 0.717) is 0 Å². The second-order valence-electron chi connectivity index (χ2n) is 7.11. The van der Waals surface area contributed by atoms with Gasteiger partial charge in [-0.15, -0.1) is 0 Å². The van der Waals surface area contributed by atoms with Crippen molar-refractivity contribution < 1.29 is 9.90 Å². The topological polar surface area (TPSA) is 43.8 Å². The van der Waals surface area contributed by atoms with Crippen LogP contribution in [0.25, 0.3) is 11.1 Å². The largest absolute Gasteiger partial charge is 0.394 e. The van der Waals surface area contributed by atoms with Crippen molar-refractivity contribution in [2.24, 2.45) is 5.92 Å². The Morgan fingerprint density at radius 3 is 2.60 bits per heavy atom. The van der Waals surface area contributed by atoms with E-state index in [1.807, 2.05) is 23.1 Å². The molecule has 0 unspecified atom stereocenters. The maximum Gasteiger partial charge on any atom is 0.219 e. The molecule has 25 heavy (non-hydrogen) atoms. The third-order valence-electron chi connectivity index (χ3n) is 5.86. The van der Waals surface area contributed by atoms with Crippen molar-refractivity contribution in [1.29, 1.82) is 0 Å². The highest BCUT2D eigenvalue weighted by Crippen LogP contribution is 2.49. The Hall–Kier alpha value is -2.33. The lowest BCUT2D eigenvalue weighted by molar-refractivity contribution is -0.130.